The Hall–Kier alpha value is -2.06. The molecule has 0 fully saturated rings. The van der Waals surface area contributed by atoms with E-state index in [9.17, 15) is 19.4 Å². The molecule has 0 aromatic heterocycles. The number of nitrogens with one attached hydrogen (secondary N) is 1. The Bertz CT molecular complexity index is 1480. The molecule has 0 radical (unpaired) electrons. The largest absolute Gasteiger partial charge is 0.472 e. The zero-order valence-corrected chi connectivity index (χ0v) is 52.3. The van der Waals surface area contributed by atoms with Crippen molar-refractivity contribution in [1.82, 2.24) is 5.32 Å². The molecule has 0 aliphatic heterocycles. The summed E-state index contributed by atoms with van der Waals surface area (Å²) >= 11 is 0. The average molecular weight is 1100 g/mol. The molecule has 0 bridgehead atoms. The second-order valence-electron chi connectivity index (χ2n) is 23.5. The number of hydrogen-bond acceptors (Lipinski definition) is 5. The number of nitrogens with zero attached hydrogens (tertiary/aromatic N) is 1. The molecule has 0 aromatic rings. The molecular formula is C68H128N2O6P+. The van der Waals surface area contributed by atoms with Gasteiger partial charge < -0.3 is 19.8 Å². The number of allylic oxidation sites excluding steroid dienone is 12. The number of unbranched alkanes of at least 4 members (excludes halogenated alkanes) is 35. The predicted molar refractivity (Wildman–Crippen MR) is 337 cm³/mol. The Morgan fingerprint density at radius 3 is 1.14 bits per heavy atom. The first-order chi connectivity index (χ1) is 37.5. The summed E-state index contributed by atoms with van der Waals surface area (Å²) < 4.78 is 23.8. The Morgan fingerprint density at radius 1 is 0.455 bits per heavy atom. The highest BCUT2D eigenvalue weighted by molar-refractivity contribution is 7.47. The number of carbonyl (C=O) groups excluding carboxylic acids is 1. The fourth-order valence-electron chi connectivity index (χ4n) is 9.64. The number of aliphatic hydroxyl groups is 1. The molecule has 3 atom stereocenters. The summed E-state index contributed by atoms with van der Waals surface area (Å²) in [5.74, 6) is -0.141. The maximum atomic E-state index is 13.0. The van der Waals surface area contributed by atoms with Gasteiger partial charge in [-0.2, -0.15) is 0 Å². The van der Waals surface area contributed by atoms with Crippen LogP contribution in [0.5, 0.6) is 0 Å². The topological polar surface area (TPSA) is 105 Å². The van der Waals surface area contributed by atoms with Gasteiger partial charge in [-0.05, 0) is 64.2 Å². The first-order valence-electron chi connectivity index (χ1n) is 32.8. The van der Waals surface area contributed by atoms with E-state index in [0.717, 1.165) is 77.0 Å². The lowest BCUT2D eigenvalue weighted by atomic mass is 10.0. The van der Waals surface area contributed by atoms with Crippen LogP contribution in [0, 0.1) is 0 Å². The summed E-state index contributed by atoms with van der Waals surface area (Å²) in [6, 6.07) is -0.760. The van der Waals surface area contributed by atoms with Crippen molar-refractivity contribution in [2.75, 3.05) is 40.9 Å². The number of likely N-dealkylation sites (N-methyl/N-ethyl adjacent to an activating group) is 1. The molecule has 0 spiro atoms. The highest BCUT2D eigenvalue weighted by Crippen LogP contribution is 2.43. The minimum atomic E-state index is -4.32. The van der Waals surface area contributed by atoms with Gasteiger partial charge in [-0.3, -0.25) is 13.8 Å². The molecule has 0 heterocycles. The smallest absolute Gasteiger partial charge is 0.391 e. The van der Waals surface area contributed by atoms with Crippen LogP contribution in [0.3, 0.4) is 0 Å². The lowest BCUT2D eigenvalue weighted by molar-refractivity contribution is -0.870. The van der Waals surface area contributed by atoms with Crippen LogP contribution in [0.15, 0.2) is 72.9 Å². The molecule has 0 saturated carbocycles. The van der Waals surface area contributed by atoms with Crippen molar-refractivity contribution in [3.8, 4) is 0 Å². The van der Waals surface area contributed by atoms with Gasteiger partial charge in [0.1, 0.15) is 13.2 Å². The number of rotatable bonds is 60. The number of carbonyl (C=O) groups is 1. The van der Waals surface area contributed by atoms with Crippen LogP contribution in [0.1, 0.15) is 303 Å². The third-order valence-corrected chi connectivity index (χ3v) is 15.7. The molecule has 0 aliphatic rings. The Morgan fingerprint density at radius 2 is 0.779 bits per heavy atom. The third kappa shape index (κ3) is 61.4. The highest BCUT2D eigenvalue weighted by atomic mass is 31.2. The molecular weight excluding hydrogens is 972 g/mol. The normalized spacial score (nSPS) is 14.2. The van der Waals surface area contributed by atoms with Crippen molar-refractivity contribution in [3.05, 3.63) is 72.9 Å². The van der Waals surface area contributed by atoms with Crippen molar-refractivity contribution in [3.63, 3.8) is 0 Å². The molecule has 0 aliphatic carbocycles. The second-order valence-corrected chi connectivity index (χ2v) is 24.9. The van der Waals surface area contributed by atoms with Crippen molar-refractivity contribution in [2.24, 2.45) is 0 Å². The number of amides is 1. The van der Waals surface area contributed by atoms with Crippen LogP contribution < -0.4 is 5.32 Å². The lowest BCUT2D eigenvalue weighted by Crippen LogP contribution is -2.46. The lowest BCUT2D eigenvalue weighted by Gasteiger charge is -2.26. The number of quaternary nitrogens is 1. The average Bonchev–Trinajstić information content (AvgIpc) is 3.39. The Labute approximate surface area is 478 Å². The van der Waals surface area contributed by atoms with Crippen LogP contribution in [-0.2, 0) is 18.4 Å². The number of phosphoric acid groups is 1. The van der Waals surface area contributed by atoms with Crippen molar-refractivity contribution >= 4 is 13.7 Å². The van der Waals surface area contributed by atoms with E-state index in [1.807, 2.05) is 21.1 Å². The van der Waals surface area contributed by atoms with Crippen molar-refractivity contribution < 1.29 is 32.9 Å². The minimum absolute atomic E-state index is 0.0753. The summed E-state index contributed by atoms with van der Waals surface area (Å²) in [5.41, 5.74) is 0. The highest BCUT2D eigenvalue weighted by Gasteiger charge is 2.28. The standard InChI is InChI=1S/C68H127N2O6P/c1-6-8-10-12-14-16-18-20-22-23-24-25-26-27-28-29-30-31-32-33-34-35-36-37-38-39-40-41-42-43-44-45-46-47-48-50-52-54-56-58-60-62-68(72)69-66(65-76-77(73,74)75-64-63-70(3,4)5)67(71)61-59-57-55-53-51-49-21-19-17-15-13-11-9-7-2/h8,10,14,16,20,22,24-25,27-28,30-31,66-67,71H,6-7,9,11-13,15,17-19,21,23,26,29,32-65H2,1-5H3,(H-,69,72,73,74)/p+1/b10-8-,16-14-,22-20-,25-24-,28-27-,31-30-. The van der Waals surface area contributed by atoms with Gasteiger partial charge in [-0.15, -0.1) is 0 Å². The zero-order chi connectivity index (χ0) is 56.3. The van der Waals surface area contributed by atoms with Gasteiger partial charge in [0.05, 0.1) is 39.9 Å². The minimum Gasteiger partial charge on any atom is -0.391 e. The fraction of sp³-hybridized carbons (Fsp3) is 0.809. The van der Waals surface area contributed by atoms with E-state index in [4.69, 9.17) is 9.05 Å². The van der Waals surface area contributed by atoms with E-state index in [1.165, 1.54) is 199 Å². The van der Waals surface area contributed by atoms with Gasteiger partial charge in [0.2, 0.25) is 5.91 Å². The maximum Gasteiger partial charge on any atom is 0.472 e. The molecule has 0 aromatic carbocycles. The van der Waals surface area contributed by atoms with Gasteiger partial charge in [0.15, 0.2) is 0 Å². The van der Waals surface area contributed by atoms with E-state index in [1.54, 1.807) is 0 Å². The molecule has 9 heteroatoms. The van der Waals surface area contributed by atoms with E-state index in [-0.39, 0.29) is 19.1 Å². The van der Waals surface area contributed by atoms with E-state index < -0.39 is 20.0 Å². The molecule has 450 valence electrons. The summed E-state index contributed by atoms with van der Waals surface area (Å²) in [6.45, 7) is 4.80. The number of hydrogen-bond donors (Lipinski definition) is 3. The van der Waals surface area contributed by atoms with Gasteiger partial charge in [0, 0.05) is 6.42 Å². The van der Waals surface area contributed by atoms with Crippen LogP contribution in [0.2, 0.25) is 0 Å². The second kappa shape index (κ2) is 58.6. The third-order valence-electron chi connectivity index (χ3n) is 14.7. The number of aliphatic hydroxyl groups excluding tert-OH is 1. The van der Waals surface area contributed by atoms with Crippen molar-refractivity contribution in [2.45, 2.75) is 315 Å². The maximum absolute atomic E-state index is 13.0. The summed E-state index contributed by atoms with van der Waals surface area (Å²) in [5, 5.41) is 14.1. The van der Waals surface area contributed by atoms with Gasteiger partial charge in [-0.1, -0.05) is 305 Å². The van der Waals surface area contributed by atoms with Crippen LogP contribution >= 0.6 is 7.82 Å². The first-order valence-corrected chi connectivity index (χ1v) is 34.3. The zero-order valence-electron chi connectivity index (χ0n) is 51.4. The molecule has 0 saturated heterocycles. The predicted octanol–water partition coefficient (Wildman–Crippen LogP) is 20.6. The van der Waals surface area contributed by atoms with Gasteiger partial charge in [-0.25, -0.2) is 4.57 Å². The first kappa shape index (κ1) is 74.9. The number of phosphoric ester groups is 1. The molecule has 1 amide bonds. The molecule has 3 N–H and O–H groups in total. The molecule has 3 unspecified atom stereocenters. The molecule has 8 nitrogen and oxygen atoms in total. The van der Waals surface area contributed by atoms with Gasteiger partial charge >= 0.3 is 7.82 Å². The summed E-state index contributed by atoms with van der Waals surface area (Å²) in [6.07, 6.45) is 81.4. The van der Waals surface area contributed by atoms with Gasteiger partial charge in [0.25, 0.3) is 0 Å². The molecule has 77 heavy (non-hydrogen) atoms. The van der Waals surface area contributed by atoms with Crippen LogP contribution in [-0.4, -0.2) is 73.4 Å². The monoisotopic (exact) mass is 1100 g/mol. The SMILES string of the molecule is CC/C=C\C/C=C\C/C=C\C/C=C\C/C=C\C/C=C\CCCCCCCCCCCCCCCCCCCCCCCCC(=O)NC(COP(=O)(O)OCC[N+](C)(C)C)C(O)CCCCCCCCCCCCCCCC. The molecule has 0 rings (SSSR count). The quantitative estimate of drug-likeness (QED) is 0.0243. The van der Waals surface area contributed by atoms with E-state index in [0.29, 0.717) is 23.9 Å². The summed E-state index contributed by atoms with van der Waals surface area (Å²) in [4.78, 5) is 23.4. The van der Waals surface area contributed by atoms with E-state index in [2.05, 4.69) is 92.1 Å². The van der Waals surface area contributed by atoms with Crippen LogP contribution in [0.25, 0.3) is 0 Å². The van der Waals surface area contributed by atoms with Crippen molar-refractivity contribution in [1.29, 1.82) is 0 Å². The Balaban J connectivity index is 3.88. The van der Waals surface area contributed by atoms with Crippen LogP contribution in [0.4, 0.5) is 0 Å². The fourth-order valence-corrected chi connectivity index (χ4v) is 10.4. The summed E-state index contributed by atoms with van der Waals surface area (Å²) in [7, 11) is 1.62. The Kier molecular flexibility index (Phi) is 57.0. The van der Waals surface area contributed by atoms with E-state index >= 15 is 0 Å².